The number of rotatable bonds is 5. The van der Waals surface area contributed by atoms with Gasteiger partial charge in [-0.2, -0.15) is 0 Å². The van der Waals surface area contributed by atoms with Gasteiger partial charge in [-0.05, 0) is 30.4 Å². The summed E-state index contributed by atoms with van der Waals surface area (Å²) in [5.41, 5.74) is 2.67. The highest BCUT2D eigenvalue weighted by molar-refractivity contribution is 5.25. The lowest BCUT2D eigenvalue weighted by Crippen LogP contribution is -2.34. The van der Waals surface area contributed by atoms with E-state index in [0.717, 1.165) is 6.42 Å². The molecule has 92 valence electrons. The predicted octanol–water partition coefficient (Wildman–Crippen LogP) is 3.56. The second-order valence-electron chi connectivity index (χ2n) is 4.87. The monoisotopic (exact) mass is 229 g/mol. The van der Waals surface area contributed by atoms with Crippen LogP contribution >= 0.6 is 0 Å². The number of nitrogens with one attached hydrogen (secondary N) is 1. The van der Waals surface area contributed by atoms with Crippen molar-refractivity contribution in [2.45, 2.75) is 46.2 Å². The summed E-state index contributed by atoms with van der Waals surface area (Å²) in [5, 5.41) is 3.48. The van der Waals surface area contributed by atoms with Crippen molar-refractivity contribution in [3.05, 3.63) is 35.4 Å². The number of terminal acetylenes is 1. The molecule has 0 aliphatic carbocycles. The smallest absolute Gasteiger partial charge is 0.0714 e. The lowest BCUT2D eigenvalue weighted by atomic mass is 10.0. The second kappa shape index (κ2) is 6.47. The van der Waals surface area contributed by atoms with Crippen LogP contribution in [0, 0.1) is 18.3 Å². The van der Waals surface area contributed by atoms with Crippen LogP contribution in [0.2, 0.25) is 0 Å². The van der Waals surface area contributed by atoms with Gasteiger partial charge in [-0.1, -0.05) is 51.0 Å². The maximum atomic E-state index is 5.53. The first-order valence-electron chi connectivity index (χ1n) is 6.39. The number of benzene rings is 1. The van der Waals surface area contributed by atoms with E-state index in [-0.39, 0.29) is 6.04 Å². The molecule has 0 heterocycles. The molecule has 0 radical (unpaired) electrons. The molecule has 0 saturated carbocycles. The zero-order valence-corrected chi connectivity index (χ0v) is 11.3. The first-order valence-corrected chi connectivity index (χ1v) is 6.39. The molecule has 1 rings (SSSR count). The highest BCUT2D eigenvalue weighted by atomic mass is 14.9. The summed E-state index contributed by atoms with van der Waals surface area (Å²) in [5.74, 6) is 3.27. The molecular formula is C16H23N. The summed E-state index contributed by atoms with van der Waals surface area (Å²) in [6.45, 7) is 8.62. The average molecular weight is 229 g/mol. The minimum Gasteiger partial charge on any atom is -0.297 e. The SMILES string of the molecule is C#CC(NC(C)c1ccc(CC)cc1)C(C)C. The van der Waals surface area contributed by atoms with Crippen molar-refractivity contribution in [2.75, 3.05) is 0 Å². The van der Waals surface area contributed by atoms with Gasteiger partial charge in [-0.15, -0.1) is 6.42 Å². The molecule has 2 atom stereocenters. The van der Waals surface area contributed by atoms with Gasteiger partial charge in [-0.25, -0.2) is 0 Å². The van der Waals surface area contributed by atoms with Crippen molar-refractivity contribution in [3.63, 3.8) is 0 Å². The topological polar surface area (TPSA) is 12.0 Å². The zero-order chi connectivity index (χ0) is 12.8. The summed E-state index contributed by atoms with van der Waals surface area (Å²) in [6.07, 6.45) is 6.62. The molecule has 1 aromatic rings. The van der Waals surface area contributed by atoms with Crippen LogP contribution < -0.4 is 5.32 Å². The van der Waals surface area contributed by atoms with Crippen LogP contribution in [-0.4, -0.2) is 6.04 Å². The predicted molar refractivity (Wildman–Crippen MR) is 74.8 cm³/mol. The molecular weight excluding hydrogens is 206 g/mol. The third-order valence-electron chi connectivity index (χ3n) is 3.16. The van der Waals surface area contributed by atoms with Gasteiger partial charge in [0, 0.05) is 6.04 Å². The van der Waals surface area contributed by atoms with Gasteiger partial charge in [0.1, 0.15) is 0 Å². The van der Waals surface area contributed by atoms with Crippen molar-refractivity contribution in [3.8, 4) is 12.3 Å². The number of hydrogen-bond acceptors (Lipinski definition) is 1. The van der Waals surface area contributed by atoms with Gasteiger partial charge in [0.15, 0.2) is 0 Å². The van der Waals surface area contributed by atoms with Crippen molar-refractivity contribution < 1.29 is 0 Å². The minimum absolute atomic E-state index is 0.135. The second-order valence-corrected chi connectivity index (χ2v) is 4.87. The molecule has 0 spiro atoms. The van der Waals surface area contributed by atoms with E-state index >= 15 is 0 Å². The highest BCUT2D eigenvalue weighted by Crippen LogP contribution is 2.16. The van der Waals surface area contributed by atoms with E-state index in [0.29, 0.717) is 12.0 Å². The fourth-order valence-electron chi connectivity index (χ4n) is 1.84. The molecule has 0 aliphatic heterocycles. The lowest BCUT2D eigenvalue weighted by Gasteiger charge is -2.22. The minimum atomic E-state index is 0.135. The Morgan fingerprint density at radius 3 is 2.18 bits per heavy atom. The van der Waals surface area contributed by atoms with Crippen LogP contribution in [0.4, 0.5) is 0 Å². The van der Waals surface area contributed by atoms with Gasteiger partial charge >= 0.3 is 0 Å². The van der Waals surface area contributed by atoms with Crippen LogP contribution in [0.25, 0.3) is 0 Å². The first-order chi connectivity index (χ1) is 8.08. The summed E-state index contributed by atoms with van der Waals surface area (Å²) >= 11 is 0. The van der Waals surface area contributed by atoms with Gasteiger partial charge in [0.25, 0.3) is 0 Å². The molecule has 0 aromatic heterocycles. The van der Waals surface area contributed by atoms with E-state index in [1.807, 2.05) is 0 Å². The molecule has 2 unspecified atom stereocenters. The molecule has 1 heteroatoms. The Kier molecular flexibility index (Phi) is 5.25. The number of hydrogen-bond donors (Lipinski definition) is 1. The third kappa shape index (κ3) is 3.91. The molecule has 0 aliphatic rings. The molecule has 1 nitrogen and oxygen atoms in total. The standard InChI is InChI=1S/C16H23N/c1-6-14-8-10-15(11-9-14)13(5)17-16(7-2)12(3)4/h2,8-13,16-17H,6H2,1,3-5H3. The lowest BCUT2D eigenvalue weighted by molar-refractivity contribution is 0.431. The van der Waals surface area contributed by atoms with Crippen LogP contribution in [0.1, 0.15) is 44.9 Å². The largest absolute Gasteiger partial charge is 0.297 e. The summed E-state index contributed by atoms with van der Waals surface area (Å²) < 4.78 is 0. The van der Waals surface area contributed by atoms with Crippen molar-refractivity contribution in [1.82, 2.24) is 5.32 Å². The van der Waals surface area contributed by atoms with Crippen LogP contribution in [0.3, 0.4) is 0 Å². The average Bonchev–Trinajstić information content (AvgIpc) is 2.35. The van der Waals surface area contributed by atoms with E-state index in [2.05, 4.69) is 63.2 Å². The van der Waals surface area contributed by atoms with Crippen molar-refractivity contribution >= 4 is 0 Å². The maximum absolute atomic E-state index is 5.53. The number of aryl methyl sites for hydroxylation is 1. The third-order valence-corrected chi connectivity index (χ3v) is 3.16. The molecule has 0 amide bonds. The molecule has 0 saturated heterocycles. The van der Waals surface area contributed by atoms with Crippen LogP contribution in [-0.2, 0) is 6.42 Å². The molecule has 1 N–H and O–H groups in total. The Morgan fingerprint density at radius 2 is 1.76 bits per heavy atom. The highest BCUT2D eigenvalue weighted by Gasteiger charge is 2.13. The Morgan fingerprint density at radius 1 is 1.18 bits per heavy atom. The molecule has 1 aromatic carbocycles. The Bertz CT molecular complexity index is 370. The Labute approximate surface area is 106 Å². The first kappa shape index (κ1) is 13.8. The van der Waals surface area contributed by atoms with E-state index in [1.165, 1.54) is 11.1 Å². The maximum Gasteiger partial charge on any atom is 0.0714 e. The summed E-state index contributed by atoms with van der Waals surface area (Å²) in [7, 11) is 0. The molecule has 17 heavy (non-hydrogen) atoms. The van der Waals surface area contributed by atoms with E-state index in [1.54, 1.807) is 0 Å². The molecule has 0 bridgehead atoms. The van der Waals surface area contributed by atoms with Crippen LogP contribution in [0.5, 0.6) is 0 Å². The fraction of sp³-hybridized carbons (Fsp3) is 0.500. The Hall–Kier alpha value is -1.26. The van der Waals surface area contributed by atoms with Crippen molar-refractivity contribution in [2.24, 2.45) is 5.92 Å². The van der Waals surface area contributed by atoms with E-state index in [9.17, 15) is 0 Å². The van der Waals surface area contributed by atoms with Gasteiger partial charge < -0.3 is 0 Å². The van der Waals surface area contributed by atoms with Gasteiger partial charge in [0.2, 0.25) is 0 Å². The van der Waals surface area contributed by atoms with Crippen molar-refractivity contribution in [1.29, 1.82) is 0 Å². The fourth-order valence-corrected chi connectivity index (χ4v) is 1.84. The summed E-state index contributed by atoms with van der Waals surface area (Å²) in [6, 6.07) is 9.18. The van der Waals surface area contributed by atoms with Gasteiger partial charge in [-0.3, -0.25) is 5.32 Å². The van der Waals surface area contributed by atoms with Gasteiger partial charge in [0.05, 0.1) is 6.04 Å². The van der Waals surface area contributed by atoms with Crippen LogP contribution in [0.15, 0.2) is 24.3 Å². The van der Waals surface area contributed by atoms with E-state index < -0.39 is 0 Å². The molecule has 0 fully saturated rings. The normalized spacial score (nSPS) is 14.4. The Balaban J connectivity index is 2.69. The van der Waals surface area contributed by atoms with E-state index in [4.69, 9.17) is 6.42 Å². The summed E-state index contributed by atoms with van der Waals surface area (Å²) in [4.78, 5) is 0. The zero-order valence-electron chi connectivity index (χ0n) is 11.3. The quantitative estimate of drug-likeness (QED) is 0.761.